The van der Waals surface area contributed by atoms with Gasteiger partial charge in [-0.15, -0.1) is 0 Å². The van der Waals surface area contributed by atoms with Crippen molar-refractivity contribution in [2.45, 2.75) is 44.9 Å². The molecule has 0 atom stereocenters. The van der Waals surface area contributed by atoms with Gasteiger partial charge in [-0.05, 0) is 92.9 Å². The number of anilines is 1. The van der Waals surface area contributed by atoms with E-state index in [1.165, 1.54) is 61.2 Å². The van der Waals surface area contributed by atoms with Crippen LogP contribution in [0, 0.1) is 0 Å². The minimum atomic E-state index is 0.0208. The second kappa shape index (κ2) is 7.01. The first-order valence-corrected chi connectivity index (χ1v) is 10.4. The molecule has 1 fully saturated rings. The summed E-state index contributed by atoms with van der Waals surface area (Å²) in [5.41, 5.74) is 8.07. The molecule has 1 aromatic carbocycles. The Hall–Kier alpha value is -2.33. The van der Waals surface area contributed by atoms with Crippen molar-refractivity contribution in [1.82, 2.24) is 9.88 Å². The summed E-state index contributed by atoms with van der Waals surface area (Å²) >= 11 is 0. The Morgan fingerprint density at radius 3 is 2.81 bits per heavy atom. The lowest BCUT2D eigenvalue weighted by atomic mass is 9.93. The molecule has 140 valence electrons. The van der Waals surface area contributed by atoms with Crippen molar-refractivity contribution in [2.75, 3.05) is 25.0 Å². The molecule has 4 nitrogen and oxygen atoms in total. The van der Waals surface area contributed by atoms with E-state index in [1.54, 1.807) is 0 Å². The van der Waals surface area contributed by atoms with Gasteiger partial charge in [0.1, 0.15) is 0 Å². The van der Waals surface area contributed by atoms with Crippen molar-refractivity contribution in [2.24, 2.45) is 0 Å². The van der Waals surface area contributed by atoms with E-state index >= 15 is 0 Å². The van der Waals surface area contributed by atoms with Gasteiger partial charge in [-0.2, -0.15) is 0 Å². The molecule has 0 spiro atoms. The summed E-state index contributed by atoms with van der Waals surface area (Å²) in [6.45, 7) is 3.58. The standard InChI is InChI=1S/C23H27N3O/c27-23-20(14-17-15-24-21-6-2-1-5-18(17)21)19-13-16(7-8-22(19)25-23)9-12-26-10-3-4-11-26/h7-8,13-15,24H,1-6,9-12H2,(H,25,27). The molecule has 3 heterocycles. The molecule has 0 bridgehead atoms. The number of fused-ring (bicyclic) bond motifs is 2. The predicted molar refractivity (Wildman–Crippen MR) is 110 cm³/mol. The summed E-state index contributed by atoms with van der Waals surface area (Å²) in [6.07, 6.45) is 12.6. The Balaban J connectivity index is 1.42. The van der Waals surface area contributed by atoms with Crippen molar-refractivity contribution < 1.29 is 4.79 Å². The molecule has 27 heavy (non-hydrogen) atoms. The van der Waals surface area contributed by atoms with E-state index < -0.39 is 0 Å². The molecule has 5 rings (SSSR count). The van der Waals surface area contributed by atoms with Crippen LogP contribution in [0.1, 0.15) is 53.6 Å². The van der Waals surface area contributed by atoms with Gasteiger partial charge in [-0.25, -0.2) is 0 Å². The highest BCUT2D eigenvalue weighted by atomic mass is 16.2. The zero-order valence-corrected chi connectivity index (χ0v) is 15.8. The Bertz CT molecular complexity index is 902. The van der Waals surface area contributed by atoms with E-state index in [1.807, 2.05) is 0 Å². The molecule has 0 saturated carbocycles. The number of aromatic amines is 1. The summed E-state index contributed by atoms with van der Waals surface area (Å²) in [5, 5.41) is 3.04. The highest BCUT2D eigenvalue weighted by Crippen LogP contribution is 2.35. The maximum absolute atomic E-state index is 12.6. The molecule has 2 aromatic rings. The first-order valence-electron chi connectivity index (χ1n) is 10.4. The molecule has 0 unspecified atom stereocenters. The number of aryl methyl sites for hydroxylation is 1. The second-order valence-corrected chi connectivity index (χ2v) is 8.10. The van der Waals surface area contributed by atoms with Gasteiger partial charge in [0.25, 0.3) is 5.91 Å². The number of aromatic nitrogens is 1. The van der Waals surface area contributed by atoms with Crippen LogP contribution in [-0.4, -0.2) is 35.4 Å². The van der Waals surface area contributed by atoms with Gasteiger partial charge < -0.3 is 15.2 Å². The molecule has 1 aliphatic carbocycles. The highest BCUT2D eigenvalue weighted by Gasteiger charge is 2.25. The molecular weight excluding hydrogens is 334 g/mol. The van der Waals surface area contributed by atoms with Crippen LogP contribution in [0.3, 0.4) is 0 Å². The average Bonchev–Trinajstić information content (AvgIpc) is 3.41. The molecule has 0 radical (unpaired) electrons. The molecule has 1 saturated heterocycles. The number of rotatable bonds is 4. The molecule has 1 aromatic heterocycles. The molecule has 2 N–H and O–H groups in total. The largest absolute Gasteiger partial charge is 0.364 e. The second-order valence-electron chi connectivity index (χ2n) is 8.10. The monoisotopic (exact) mass is 361 g/mol. The first kappa shape index (κ1) is 16.8. The number of hydrogen-bond acceptors (Lipinski definition) is 2. The number of likely N-dealkylation sites (tertiary alicyclic amines) is 1. The summed E-state index contributed by atoms with van der Waals surface area (Å²) < 4.78 is 0. The van der Waals surface area contributed by atoms with Crippen LogP contribution in [0.15, 0.2) is 24.4 Å². The van der Waals surface area contributed by atoms with Crippen LogP contribution in [0.4, 0.5) is 5.69 Å². The van der Waals surface area contributed by atoms with Gasteiger partial charge in [0.05, 0.1) is 0 Å². The Morgan fingerprint density at radius 1 is 1.07 bits per heavy atom. The van der Waals surface area contributed by atoms with Crippen molar-refractivity contribution in [3.8, 4) is 0 Å². The smallest absolute Gasteiger partial charge is 0.256 e. The predicted octanol–water partition coefficient (Wildman–Crippen LogP) is 4.02. The zero-order valence-electron chi connectivity index (χ0n) is 15.8. The zero-order chi connectivity index (χ0) is 18.2. The summed E-state index contributed by atoms with van der Waals surface area (Å²) in [7, 11) is 0. The van der Waals surface area contributed by atoms with Crippen molar-refractivity contribution >= 4 is 23.2 Å². The third-order valence-electron chi connectivity index (χ3n) is 6.30. The third-order valence-corrected chi connectivity index (χ3v) is 6.30. The molecular formula is C23H27N3O. The van der Waals surface area contributed by atoms with E-state index in [-0.39, 0.29) is 5.91 Å². The highest BCUT2D eigenvalue weighted by molar-refractivity contribution is 6.35. The first-order chi connectivity index (χ1) is 13.3. The Labute approximate surface area is 160 Å². The van der Waals surface area contributed by atoms with Crippen LogP contribution < -0.4 is 5.32 Å². The number of carbonyl (C=O) groups excluding carboxylic acids is 1. The summed E-state index contributed by atoms with van der Waals surface area (Å²) in [6, 6.07) is 6.45. The van der Waals surface area contributed by atoms with Crippen molar-refractivity contribution in [1.29, 1.82) is 0 Å². The topological polar surface area (TPSA) is 48.1 Å². The quantitative estimate of drug-likeness (QED) is 0.808. The fourth-order valence-electron chi connectivity index (χ4n) is 4.75. The fourth-order valence-corrected chi connectivity index (χ4v) is 4.75. The number of benzene rings is 1. The van der Waals surface area contributed by atoms with Gasteiger partial charge in [0.2, 0.25) is 0 Å². The van der Waals surface area contributed by atoms with Crippen molar-refractivity contribution in [3.05, 3.63) is 52.3 Å². The number of H-pyrrole nitrogens is 1. The SMILES string of the molecule is O=C1Nc2ccc(CCN3CCCC3)cc2C1=Cc1c[nH]c2c1CCCC2. The molecule has 3 aliphatic rings. The van der Waals surface area contributed by atoms with Gasteiger partial charge in [-0.1, -0.05) is 6.07 Å². The van der Waals surface area contributed by atoms with Crippen LogP contribution in [0.2, 0.25) is 0 Å². The minimum absolute atomic E-state index is 0.0208. The molecule has 1 amide bonds. The summed E-state index contributed by atoms with van der Waals surface area (Å²) in [4.78, 5) is 18.6. The van der Waals surface area contributed by atoms with Gasteiger partial charge in [-0.3, -0.25) is 4.79 Å². The molecule has 4 heteroatoms. The Kier molecular flexibility index (Phi) is 4.36. The van der Waals surface area contributed by atoms with Crippen LogP contribution in [-0.2, 0) is 24.1 Å². The van der Waals surface area contributed by atoms with Crippen LogP contribution in [0.5, 0.6) is 0 Å². The normalized spacial score (nSPS) is 20.7. The van der Waals surface area contributed by atoms with E-state index in [9.17, 15) is 4.79 Å². The van der Waals surface area contributed by atoms with E-state index in [0.717, 1.165) is 42.6 Å². The van der Waals surface area contributed by atoms with E-state index in [0.29, 0.717) is 0 Å². The lowest BCUT2D eigenvalue weighted by molar-refractivity contribution is -0.110. The third kappa shape index (κ3) is 3.23. The van der Waals surface area contributed by atoms with Crippen LogP contribution in [0.25, 0.3) is 11.6 Å². The number of nitrogens with one attached hydrogen (secondary N) is 2. The van der Waals surface area contributed by atoms with E-state index in [4.69, 9.17) is 0 Å². The van der Waals surface area contributed by atoms with Gasteiger partial charge in [0.15, 0.2) is 0 Å². The van der Waals surface area contributed by atoms with Crippen molar-refractivity contribution in [3.63, 3.8) is 0 Å². The lowest BCUT2D eigenvalue weighted by Crippen LogP contribution is -2.21. The number of hydrogen-bond donors (Lipinski definition) is 2. The average molecular weight is 361 g/mol. The summed E-state index contributed by atoms with van der Waals surface area (Å²) in [5.74, 6) is 0.0208. The number of nitrogens with zero attached hydrogens (tertiary/aromatic N) is 1. The number of amides is 1. The van der Waals surface area contributed by atoms with E-state index in [2.05, 4.69) is 45.7 Å². The lowest BCUT2D eigenvalue weighted by Gasteiger charge is -2.14. The maximum Gasteiger partial charge on any atom is 0.256 e. The Morgan fingerprint density at radius 2 is 1.93 bits per heavy atom. The molecule has 2 aliphatic heterocycles. The van der Waals surface area contributed by atoms with Gasteiger partial charge >= 0.3 is 0 Å². The van der Waals surface area contributed by atoms with Gasteiger partial charge in [0, 0.05) is 35.3 Å². The minimum Gasteiger partial charge on any atom is -0.364 e. The maximum atomic E-state index is 12.6. The van der Waals surface area contributed by atoms with Crippen LogP contribution >= 0.6 is 0 Å². The number of carbonyl (C=O) groups is 1. The fraction of sp³-hybridized carbons (Fsp3) is 0.435.